The van der Waals surface area contributed by atoms with Gasteiger partial charge in [-0.15, -0.1) is 0 Å². The van der Waals surface area contributed by atoms with Gasteiger partial charge >= 0.3 is 0 Å². The molecule has 0 heterocycles. The number of aromatic hydroxyl groups is 1. The average molecular weight is 220 g/mol. The normalized spacial score (nSPS) is 18.6. The maximum absolute atomic E-state index is 9.39. The molecular formula is C13H20N2O. The van der Waals surface area contributed by atoms with Gasteiger partial charge in [-0.3, -0.25) is 0 Å². The summed E-state index contributed by atoms with van der Waals surface area (Å²) in [6, 6.07) is 7.58. The summed E-state index contributed by atoms with van der Waals surface area (Å²) in [6.45, 7) is 0.653. The van der Waals surface area contributed by atoms with Gasteiger partial charge < -0.3 is 16.2 Å². The van der Waals surface area contributed by atoms with Crippen molar-refractivity contribution >= 4 is 5.69 Å². The average Bonchev–Trinajstić information content (AvgIpc) is 2.79. The highest BCUT2D eigenvalue weighted by molar-refractivity contribution is 5.48. The van der Waals surface area contributed by atoms with Crippen LogP contribution >= 0.6 is 0 Å². The minimum Gasteiger partial charge on any atom is -0.508 e. The van der Waals surface area contributed by atoms with Gasteiger partial charge in [0.25, 0.3) is 0 Å². The number of phenols is 1. The highest BCUT2D eigenvalue weighted by Gasteiger charge is 2.23. The van der Waals surface area contributed by atoms with E-state index in [9.17, 15) is 5.11 Å². The van der Waals surface area contributed by atoms with E-state index in [1.165, 1.54) is 25.7 Å². The van der Waals surface area contributed by atoms with E-state index in [1.807, 2.05) is 12.1 Å². The van der Waals surface area contributed by atoms with E-state index in [2.05, 4.69) is 5.32 Å². The summed E-state index contributed by atoms with van der Waals surface area (Å²) in [5, 5.41) is 12.8. The minimum atomic E-state index is 0.298. The molecule has 3 nitrogen and oxygen atoms in total. The molecule has 1 aromatic rings. The topological polar surface area (TPSA) is 58.3 Å². The SMILES string of the molecule is NCC(Nc1cccc(O)c1)C1CCCC1. The molecule has 1 fully saturated rings. The first-order valence-corrected chi connectivity index (χ1v) is 6.05. The van der Waals surface area contributed by atoms with Crippen LogP contribution in [0.25, 0.3) is 0 Å². The molecule has 88 valence electrons. The van der Waals surface area contributed by atoms with Gasteiger partial charge in [-0.1, -0.05) is 18.9 Å². The standard InChI is InChI=1S/C13H20N2O/c14-9-13(10-4-1-2-5-10)15-11-6-3-7-12(16)8-11/h3,6-8,10,13,15-16H,1-2,4-5,9,14H2. The van der Waals surface area contributed by atoms with E-state index in [-0.39, 0.29) is 0 Å². The van der Waals surface area contributed by atoms with E-state index in [1.54, 1.807) is 12.1 Å². The summed E-state index contributed by atoms with van der Waals surface area (Å²) >= 11 is 0. The Balaban J connectivity index is 2.00. The first-order valence-electron chi connectivity index (χ1n) is 6.05. The van der Waals surface area contributed by atoms with Crippen molar-refractivity contribution in [3.05, 3.63) is 24.3 Å². The van der Waals surface area contributed by atoms with Crippen molar-refractivity contribution in [3.8, 4) is 5.75 Å². The third-order valence-electron chi connectivity index (χ3n) is 3.42. The van der Waals surface area contributed by atoms with Crippen molar-refractivity contribution in [2.24, 2.45) is 11.7 Å². The number of anilines is 1. The fraction of sp³-hybridized carbons (Fsp3) is 0.538. The second-order valence-corrected chi connectivity index (χ2v) is 4.58. The number of rotatable bonds is 4. The Hall–Kier alpha value is -1.22. The third-order valence-corrected chi connectivity index (χ3v) is 3.42. The van der Waals surface area contributed by atoms with Crippen LogP contribution in [0.3, 0.4) is 0 Å². The predicted octanol–water partition coefficient (Wildman–Crippen LogP) is 2.32. The van der Waals surface area contributed by atoms with E-state index >= 15 is 0 Å². The Morgan fingerprint density at radius 1 is 1.38 bits per heavy atom. The Morgan fingerprint density at radius 3 is 2.75 bits per heavy atom. The van der Waals surface area contributed by atoms with Crippen LogP contribution in [0.4, 0.5) is 5.69 Å². The van der Waals surface area contributed by atoms with E-state index < -0.39 is 0 Å². The number of phenolic OH excluding ortho intramolecular Hbond substituents is 1. The molecule has 1 atom stereocenters. The van der Waals surface area contributed by atoms with Gasteiger partial charge in [-0.2, -0.15) is 0 Å². The maximum Gasteiger partial charge on any atom is 0.117 e. The monoisotopic (exact) mass is 220 g/mol. The Labute approximate surface area is 96.7 Å². The summed E-state index contributed by atoms with van der Waals surface area (Å²) in [7, 11) is 0. The number of nitrogens with one attached hydrogen (secondary N) is 1. The molecule has 3 heteroatoms. The predicted molar refractivity (Wildman–Crippen MR) is 66.5 cm³/mol. The zero-order chi connectivity index (χ0) is 11.4. The zero-order valence-electron chi connectivity index (χ0n) is 9.52. The second-order valence-electron chi connectivity index (χ2n) is 4.58. The molecule has 0 aliphatic heterocycles. The van der Waals surface area contributed by atoms with Crippen molar-refractivity contribution in [2.75, 3.05) is 11.9 Å². The Morgan fingerprint density at radius 2 is 2.12 bits per heavy atom. The van der Waals surface area contributed by atoms with Crippen LogP contribution in [-0.2, 0) is 0 Å². The number of hydrogen-bond acceptors (Lipinski definition) is 3. The molecule has 1 saturated carbocycles. The van der Waals surface area contributed by atoms with Gasteiger partial charge in [0.1, 0.15) is 5.75 Å². The van der Waals surface area contributed by atoms with Crippen molar-refractivity contribution in [1.29, 1.82) is 0 Å². The Bertz CT molecular complexity index is 334. The second kappa shape index (κ2) is 5.21. The van der Waals surface area contributed by atoms with E-state index in [0.717, 1.165) is 5.69 Å². The van der Waals surface area contributed by atoms with Gasteiger partial charge in [-0.05, 0) is 30.9 Å². The van der Waals surface area contributed by atoms with Crippen LogP contribution in [0.15, 0.2) is 24.3 Å². The highest BCUT2D eigenvalue weighted by Crippen LogP contribution is 2.29. The van der Waals surface area contributed by atoms with Crippen molar-refractivity contribution in [1.82, 2.24) is 0 Å². The fourth-order valence-corrected chi connectivity index (χ4v) is 2.54. The van der Waals surface area contributed by atoms with Gasteiger partial charge in [0.05, 0.1) is 0 Å². The smallest absolute Gasteiger partial charge is 0.117 e. The van der Waals surface area contributed by atoms with Crippen LogP contribution in [0, 0.1) is 5.92 Å². The molecule has 1 aliphatic rings. The van der Waals surface area contributed by atoms with Crippen molar-refractivity contribution in [2.45, 2.75) is 31.7 Å². The molecular weight excluding hydrogens is 200 g/mol. The number of hydrogen-bond donors (Lipinski definition) is 3. The van der Waals surface area contributed by atoms with Crippen LogP contribution in [0.5, 0.6) is 5.75 Å². The number of benzene rings is 1. The maximum atomic E-state index is 9.39. The molecule has 1 unspecified atom stereocenters. The first kappa shape index (κ1) is 11.3. The molecule has 1 aliphatic carbocycles. The molecule has 0 aromatic heterocycles. The molecule has 0 bridgehead atoms. The first-order chi connectivity index (χ1) is 7.79. The van der Waals surface area contributed by atoms with Crippen LogP contribution in [0.2, 0.25) is 0 Å². The van der Waals surface area contributed by atoms with Gasteiger partial charge in [0.2, 0.25) is 0 Å². The summed E-state index contributed by atoms with van der Waals surface area (Å²) in [5.41, 5.74) is 6.77. The van der Waals surface area contributed by atoms with Gasteiger partial charge in [0.15, 0.2) is 0 Å². The highest BCUT2D eigenvalue weighted by atomic mass is 16.3. The largest absolute Gasteiger partial charge is 0.508 e. The van der Waals surface area contributed by atoms with Gasteiger partial charge in [0, 0.05) is 24.3 Å². The van der Waals surface area contributed by atoms with E-state index in [0.29, 0.717) is 24.3 Å². The quantitative estimate of drug-likeness (QED) is 0.730. The molecule has 1 aromatic carbocycles. The minimum absolute atomic E-state index is 0.298. The summed E-state index contributed by atoms with van der Waals surface area (Å²) in [5.74, 6) is 0.986. The van der Waals surface area contributed by atoms with Crippen LogP contribution in [0.1, 0.15) is 25.7 Å². The summed E-state index contributed by atoms with van der Waals surface area (Å²) < 4.78 is 0. The van der Waals surface area contributed by atoms with Gasteiger partial charge in [-0.25, -0.2) is 0 Å². The lowest BCUT2D eigenvalue weighted by Gasteiger charge is -2.24. The molecule has 2 rings (SSSR count). The third kappa shape index (κ3) is 2.67. The van der Waals surface area contributed by atoms with Crippen molar-refractivity contribution < 1.29 is 5.11 Å². The zero-order valence-corrected chi connectivity index (χ0v) is 9.52. The molecule has 16 heavy (non-hydrogen) atoms. The molecule has 0 amide bonds. The lowest BCUT2D eigenvalue weighted by molar-refractivity contribution is 0.460. The molecule has 4 N–H and O–H groups in total. The van der Waals surface area contributed by atoms with E-state index in [4.69, 9.17) is 5.73 Å². The Kier molecular flexibility index (Phi) is 3.67. The number of nitrogens with two attached hydrogens (primary N) is 1. The summed E-state index contributed by atoms with van der Waals surface area (Å²) in [6.07, 6.45) is 5.19. The molecule has 0 radical (unpaired) electrons. The van der Waals surface area contributed by atoms with Crippen LogP contribution < -0.4 is 11.1 Å². The lowest BCUT2D eigenvalue weighted by atomic mass is 9.98. The molecule has 0 spiro atoms. The van der Waals surface area contributed by atoms with Crippen molar-refractivity contribution in [3.63, 3.8) is 0 Å². The molecule has 0 saturated heterocycles. The summed E-state index contributed by atoms with van der Waals surface area (Å²) in [4.78, 5) is 0. The fourth-order valence-electron chi connectivity index (χ4n) is 2.54. The van der Waals surface area contributed by atoms with Crippen LogP contribution in [-0.4, -0.2) is 17.7 Å². The lowest BCUT2D eigenvalue weighted by Crippen LogP contribution is -2.35.